The molecule has 0 aromatic carbocycles. The summed E-state index contributed by atoms with van der Waals surface area (Å²) < 4.78 is 37.1. The van der Waals surface area contributed by atoms with Crippen LogP contribution in [0.2, 0.25) is 0 Å². The van der Waals surface area contributed by atoms with E-state index in [1.165, 1.54) is 13.0 Å². The van der Waals surface area contributed by atoms with Gasteiger partial charge in [0.1, 0.15) is 18.1 Å². The van der Waals surface area contributed by atoms with Gasteiger partial charge in [-0.2, -0.15) is 13.2 Å². The number of rotatable bonds is 5. The molecule has 0 aromatic heterocycles. The summed E-state index contributed by atoms with van der Waals surface area (Å²) in [6, 6.07) is -1.04. The molecule has 0 saturated carbocycles. The molecule has 182 valence electrons. The number of hydrogen-bond donors (Lipinski definition) is 3. The molecule has 1 saturated heterocycles. The number of ether oxygens (including phenoxy) is 1. The Morgan fingerprint density at radius 1 is 1.22 bits per heavy atom. The lowest BCUT2D eigenvalue weighted by Gasteiger charge is -2.38. The van der Waals surface area contributed by atoms with Crippen molar-refractivity contribution in [3.63, 3.8) is 0 Å². The maximum atomic E-state index is 13.2. The molecular formula is C19H28F3N3O7. The van der Waals surface area contributed by atoms with E-state index in [-0.39, 0.29) is 29.7 Å². The summed E-state index contributed by atoms with van der Waals surface area (Å²) in [6.45, 7) is 5.41. The minimum atomic E-state index is -5.19. The molecule has 0 aliphatic carbocycles. The number of carboxylic acids is 2. The number of nitrogens with zero attached hydrogens (tertiary/aromatic N) is 1. The normalized spacial score (nSPS) is 27.4. The lowest BCUT2D eigenvalue weighted by atomic mass is 9.97. The molecule has 0 bridgehead atoms. The second kappa shape index (κ2) is 11.2. The molecule has 0 unspecified atom stereocenters. The molecule has 10 nitrogen and oxygen atoms in total. The zero-order valence-corrected chi connectivity index (χ0v) is 18.0. The van der Waals surface area contributed by atoms with Crippen molar-refractivity contribution in [1.29, 1.82) is 0 Å². The number of quaternary nitrogens is 1. The summed E-state index contributed by atoms with van der Waals surface area (Å²) in [7, 11) is 0. The third-order valence-corrected chi connectivity index (χ3v) is 5.28. The molecule has 2 amide bonds. The van der Waals surface area contributed by atoms with Crippen molar-refractivity contribution in [2.45, 2.75) is 82.9 Å². The molecular weight excluding hydrogens is 439 g/mol. The van der Waals surface area contributed by atoms with Gasteiger partial charge in [-0.05, 0) is 25.7 Å². The summed E-state index contributed by atoms with van der Waals surface area (Å²) in [5.74, 6) is -5.12. The quantitative estimate of drug-likeness (QED) is 0.464. The fourth-order valence-electron chi connectivity index (χ4n) is 3.78. The predicted molar refractivity (Wildman–Crippen MR) is 100 cm³/mol. The van der Waals surface area contributed by atoms with Crippen LogP contribution in [0.5, 0.6) is 0 Å². The van der Waals surface area contributed by atoms with E-state index in [1.807, 2.05) is 18.7 Å². The van der Waals surface area contributed by atoms with E-state index in [1.54, 1.807) is 0 Å². The Balaban J connectivity index is 0.000000633. The van der Waals surface area contributed by atoms with Crippen molar-refractivity contribution < 1.29 is 53.0 Å². The van der Waals surface area contributed by atoms with Crippen LogP contribution in [0.3, 0.4) is 0 Å². The summed E-state index contributed by atoms with van der Waals surface area (Å²) >= 11 is 0. The Labute approximate surface area is 182 Å². The van der Waals surface area contributed by atoms with E-state index in [0.717, 1.165) is 25.7 Å². The van der Waals surface area contributed by atoms with Crippen LogP contribution in [-0.2, 0) is 23.9 Å². The van der Waals surface area contributed by atoms with Crippen LogP contribution in [0.4, 0.5) is 13.2 Å². The van der Waals surface area contributed by atoms with Gasteiger partial charge in [-0.15, -0.1) is 0 Å². The molecule has 1 fully saturated rings. The molecule has 5 N–H and O–H groups in total. The summed E-state index contributed by atoms with van der Waals surface area (Å²) in [5.41, 5.74) is 3.90. The van der Waals surface area contributed by atoms with E-state index in [9.17, 15) is 32.7 Å². The van der Waals surface area contributed by atoms with Crippen molar-refractivity contribution in [1.82, 2.24) is 10.2 Å². The van der Waals surface area contributed by atoms with Gasteiger partial charge in [0.2, 0.25) is 17.8 Å². The Morgan fingerprint density at radius 3 is 2.03 bits per heavy atom. The average Bonchev–Trinajstić information content (AvgIpc) is 3.11. The minimum absolute atomic E-state index is 0.112. The van der Waals surface area contributed by atoms with Gasteiger partial charge in [0.05, 0.1) is 0 Å². The molecule has 5 atom stereocenters. The van der Waals surface area contributed by atoms with Crippen LogP contribution >= 0.6 is 0 Å². The maximum absolute atomic E-state index is 13.2. The Morgan fingerprint density at radius 2 is 1.69 bits per heavy atom. The van der Waals surface area contributed by atoms with Crippen LogP contribution in [0.15, 0.2) is 11.8 Å². The molecule has 32 heavy (non-hydrogen) atoms. The number of amides is 2. The van der Waals surface area contributed by atoms with Gasteiger partial charge >= 0.3 is 12.1 Å². The largest absolute Gasteiger partial charge is 0.542 e. The van der Waals surface area contributed by atoms with Gasteiger partial charge in [0, 0.05) is 25.1 Å². The molecule has 2 aliphatic rings. The molecule has 0 radical (unpaired) electrons. The van der Waals surface area contributed by atoms with Gasteiger partial charge in [0.15, 0.2) is 0 Å². The lowest BCUT2D eigenvalue weighted by Crippen LogP contribution is -2.74. The van der Waals surface area contributed by atoms with Crippen LogP contribution in [-0.4, -0.2) is 70.2 Å². The van der Waals surface area contributed by atoms with Crippen molar-refractivity contribution in [3.8, 4) is 0 Å². The SMILES string of the molecule is CC[C@@H]1CC[C@H](CC)N1C(=O)[C@@H]1OC(C(=O)O)=C[C@H]([NH3+])[C@H]1NC(C)=O.O=C([O-])C(F)(F)F. The van der Waals surface area contributed by atoms with E-state index >= 15 is 0 Å². The third-order valence-electron chi connectivity index (χ3n) is 5.28. The Bertz CT molecular complexity index is 745. The molecule has 0 aromatic rings. The molecule has 2 aliphatic heterocycles. The number of carbonyl (C=O) groups excluding carboxylic acids is 3. The van der Waals surface area contributed by atoms with Crippen LogP contribution in [0.25, 0.3) is 0 Å². The lowest BCUT2D eigenvalue weighted by molar-refractivity contribution is -0.414. The van der Waals surface area contributed by atoms with Gasteiger partial charge in [-0.3, -0.25) is 9.59 Å². The van der Waals surface area contributed by atoms with Crippen molar-refractivity contribution in [3.05, 3.63) is 11.8 Å². The van der Waals surface area contributed by atoms with Gasteiger partial charge in [-0.1, -0.05) is 13.8 Å². The van der Waals surface area contributed by atoms with Crippen LogP contribution in [0, 0.1) is 0 Å². The number of halogens is 3. The number of aliphatic carboxylic acids is 2. The standard InChI is InChI=1S/C17H27N3O5.C2HF3O2/c1-4-10-6-7-11(5-2)20(10)16(22)15-14(19-9(3)21)12(18)8-13(25-15)17(23)24;3-2(4,5)1(6)7/h8,10-12,14-15H,4-7,18H2,1-3H3,(H,19,21)(H,23,24);(H,6,7)/t10-,11+,12-,14+,15+;/m0./s1. The first-order valence-electron chi connectivity index (χ1n) is 10.1. The monoisotopic (exact) mass is 467 g/mol. The second-order valence-corrected chi connectivity index (χ2v) is 7.50. The fourth-order valence-corrected chi connectivity index (χ4v) is 3.78. The molecule has 13 heteroatoms. The van der Waals surface area contributed by atoms with Crippen LogP contribution in [0.1, 0.15) is 46.5 Å². The van der Waals surface area contributed by atoms with E-state index < -0.39 is 36.3 Å². The van der Waals surface area contributed by atoms with E-state index in [0.29, 0.717) is 0 Å². The highest BCUT2D eigenvalue weighted by molar-refractivity contribution is 5.88. The van der Waals surface area contributed by atoms with Crippen molar-refractivity contribution in [2.75, 3.05) is 0 Å². The Kier molecular flexibility index (Phi) is 9.49. The first-order valence-corrected chi connectivity index (χ1v) is 10.1. The number of carbonyl (C=O) groups is 4. The molecule has 2 rings (SSSR count). The van der Waals surface area contributed by atoms with E-state index in [4.69, 9.17) is 14.6 Å². The number of nitrogens with one attached hydrogen (secondary N) is 1. The second-order valence-electron chi connectivity index (χ2n) is 7.50. The number of carboxylic acid groups (broad SMARTS) is 2. The third kappa shape index (κ3) is 6.84. The number of hydrogen-bond acceptors (Lipinski definition) is 6. The zero-order valence-electron chi connectivity index (χ0n) is 18.0. The number of likely N-dealkylation sites (tertiary alicyclic amines) is 1. The summed E-state index contributed by atoms with van der Waals surface area (Å²) in [4.78, 5) is 46.7. The van der Waals surface area contributed by atoms with Crippen LogP contribution < -0.4 is 16.2 Å². The molecule has 0 spiro atoms. The highest BCUT2D eigenvalue weighted by Crippen LogP contribution is 2.31. The minimum Gasteiger partial charge on any atom is -0.542 e. The summed E-state index contributed by atoms with van der Waals surface area (Å²) in [6.07, 6.45) is -1.43. The summed E-state index contributed by atoms with van der Waals surface area (Å²) in [5, 5.41) is 20.7. The Hall–Kier alpha value is -2.83. The number of alkyl halides is 3. The first-order chi connectivity index (χ1) is 14.7. The van der Waals surface area contributed by atoms with E-state index in [2.05, 4.69) is 11.1 Å². The van der Waals surface area contributed by atoms with Gasteiger partial charge in [-0.25, -0.2) is 4.79 Å². The van der Waals surface area contributed by atoms with Crippen molar-refractivity contribution >= 4 is 23.8 Å². The average molecular weight is 467 g/mol. The van der Waals surface area contributed by atoms with Gasteiger partial charge < -0.3 is 35.7 Å². The highest BCUT2D eigenvalue weighted by atomic mass is 19.4. The molecule has 2 heterocycles. The maximum Gasteiger partial charge on any atom is 0.430 e. The fraction of sp³-hybridized carbons (Fsp3) is 0.684. The first kappa shape index (κ1) is 27.2. The topological polar surface area (TPSA) is 164 Å². The predicted octanol–water partition coefficient (Wildman–Crippen LogP) is -1.05. The smallest absolute Gasteiger partial charge is 0.430 e. The zero-order chi connectivity index (χ0) is 24.8. The van der Waals surface area contributed by atoms with Gasteiger partial charge in [0.25, 0.3) is 5.91 Å². The highest BCUT2D eigenvalue weighted by Gasteiger charge is 2.47. The van der Waals surface area contributed by atoms with Crippen molar-refractivity contribution in [2.24, 2.45) is 0 Å².